The van der Waals surface area contributed by atoms with E-state index in [2.05, 4.69) is 21.3 Å². The fourth-order valence-corrected chi connectivity index (χ4v) is 10.2. The zero-order valence-corrected chi connectivity index (χ0v) is 64.5. The van der Waals surface area contributed by atoms with E-state index in [0.717, 1.165) is 22.3 Å². The predicted molar refractivity (Wildman–Crippen MR) is 477 cm³/mol. The summed E-state index contributed by atoms with van der Waals surface area (Å²) >= 11 is 0. The Kier molecular flexibility index (Phi) is 22.3. The lowest BCUT2D eigenvalue weighted by Crippen LogP contribution is -2.16. The number of hydrogen-bond acceptors (Lipinski definition) is 12. The van der Waals surface area contributed by atoms with Gasteiger partial charge in [-0.1, -0.05) is 291 Å². The number of benzene rings is 12. The van der Waals surface area contributed by atoms with Crippen molar-refractivity contribution >= 4 is 0 Å². The molecule has 0 aliphatic carbocycles. The molecule has 0 fully saturated rings. The number of ether oxygens (including phenoxy) is 6. The molecule has 0 aliphatic heterocycles. The van der Waals surface area contributed by atoms with Crippen molar-refractivity contribution in [2.45, 2.75) is 116 Å². The molecular formula is C102H126N6O6. The van der Waals surface area contributed by atoms with Crippen LogP contribution in [0, 0.1) is 41.5 Å². The highest BCUT2D eigenvalue weighted by Gasteiger charge is 2.20. The van der Waals surface area contributed by atoms with Crippen LogP contribution in [-0.4, -0.2) is 81.0 Å². The second-order valence-corrected chi connectivity index (χ2v) is 24.5. The van der Waals surface area contributed by atoms with Crippen LogP contribution in [0.15, 0.2) is 327 Å². The number of aryl methyl sites for hydroxylation is 6. The maximum Gasteiger partial charge on any atom is 0.125 e. The van der Waals surface area contributed by atoms with Crippen LogP contribution in [0.5, 0.6) is 34.5 Å². The van der Waals surface area contributed by atoms with Gasteiger partial charge in [-0.15, -0.1) is 0 Å². The standard InChI is InChI=1S/6C17H21NO/c6*1-14-8-6-7-11-16(14)19-17(12-13-18-2)15-9-4-3-5-10-15/h6*3-11,17-18H,12-13H2,1-2H3/i2D3,3D,4D,5D,9D,10D,12D2;2D3,3D,4D,5D,9D,10D;2D3,12D2,13D2,17D;2D3,13D2,17D;2D3,12D2,17D;2D3,17D. The first-order valence-electron chi connectivity index (χ1n) is 57.3. The van der Waals surface area contributed by atoms with Gasteiger partial charge in [-0.3, -0.25) is 0 Å². The molecule has 12 rings (SSSR count). The molecule has 0 heterocycles. The van der Waals surface area contributed by atoms with Crippen molar-refractivity contribution in [2.75, 3.05) is 81.0 Å². The number of nitrogens with one attached hydrogen (secondary N) is 6. The topological polar surface area (TPSA) is 128 Å². The number of para-hydroxylation sites is 6. The predicted octanol–water partition coefficient (Wildman–Crippen LogP) is 22.3. The van der Waals surface area contributed by atoms with Crippen LogP contribution in [0.1, 0.15) is 199 Å². The maximum absolute atomic E-state index is 8.80. The third kappa shape index (κ3) is 33.1. The molecule has 0 radical (unpaired) electrons. The van der Waals surface area contributed by atoms with Gasteiger partial charge in [-0.2, -0.15) is 0 Å². The highest BCUT2D eigenvalue weighted by atomic mass is 16.5. The van der Waals surface area contributed by atoms with E-state index in [1.165, 1.54) is 12.1 Å². The first-order valence-corrected chi connectivity index (χ1v) is 36.3. The fourth-order valence-electron chi connectivity index (χ4n) is 10.2. The molecule has 0 spiro atoms. The molecule has 114 heavy (non-hydrogen) atoms. The molecule has 12 aromatic carbocycles. The maximum atomic E-state index is 8.80. The van der Waals surface area contributed by atoms with E-state index in [4.69, 9.17) is 86.0 Å². The minimum absolute atomic E-state index is 0.0107. The van der Waals surface area contributed by atoms with Crippen molar-refractivity contribution in [3.63, 3.8) is 0 Å². The van der Waals surface area contributed by atoms with Crippen LogP contribution in [0.2, 0.25) is 0 Å². The molecule has 0 aromatic heterocycles. The van der Waals surface area contributed by atoms with Crippen molar-refractivity contribution < 1.29 is 86.0 Å². The molecule has 0 bridgehead atoms. The van der Waals surface area contributed by atoms with Crippen LogP contribution in [0.25, 0.3) is 0 Å². The summed E-state index contributed by atoms with van der Waals surface area (Å²) in [6.45, 7) is -11.0. The molecule has 12 heteroatoms. The Labute approximate surface area is 742 Å². The smallest absolute Gasteiger partial charge is 0.125 e. The Morgan fingerprint density at radius 2 is 0.526 bits per heavy atom. The molecule has 6 unspecified atom stereocenters. The highest BCUT2D eigenvalue weighted by molar-refractivity contribution is 5.39. The number of rotatable bonds is 36. The SMILES string of the molecule is [2H]C([2H])([2H])NC([2H])([2H])C([2H])([2H])C([2H])(Oc1ccccc1C)c1ccccc1.[2H]C([2H])([2H])NC([2H])([2H])CC([2H])(Oc1ccccc1C)c1ccccc1.[2H]C([2H])([2H])NCC([2H])([2H])C([2H])(Oc1ccccc1C)c1ccccc1.[2H]C([2H])([2H])NCCC([2H])(Oc1ccccc1C)c1ccccc1.[2H]c1c([2H])c([2H])c(C(CCNC([2H])([2H])[2H])Oc2ccccc2C)c([2H])c1[2H].[2H]c1c([2H])c([2H])c(C(Oc2ccccc2C)C([2H])([2H])CNC([2H])([2H])[2H])c([2H])c1[2H]. The summed E-state index contributed by atoms with van der Waals surface area (Å²) in [7, 11) is 0. The normalized spacial score (nSPS) is 19.9. The van der Waals surface area contributed by atoms with Crippen molar-refractivity contribution in [3.05, 3.63) is 394 Å². The van der Waals surface area contributed by atoms with Crippen molar-refractivity contribution in [1.29, 1.82) is 0 Å². The monoisotopic (exact) mass is 1570 g/mol. The second kappa shape index (κ2) is 54.0. The largest absolute Gasteiger partial charge is 0.485 e. The summed E-state index contributed by atoms with van der Waals surface area (Å²) in [6, 6.07) is 70.8. The summed E-state index contributed by atoms with van der Waals surface area (Å²) in [5.74, 6) is 2.40. The van der Waals surface area contributed by atoms with E-state index < -0.39 is 178 Å². The van der Waals surface area contributed by atoms with E-state index in [1.807, 2.05) is 111 Å². The van der Waals surface area contributed by atoms with Crippen LogP contribution in [0.4, 0.5) is 0 Å². The van der Waals surface area contributed by atoms with Gasteiger partial charge in [0.25, 0.3) is 0 Å². The molecule has 6 N–H and O–H groups in total. The van der Waals surface area contributed by atoms with Crippen LogP contribution >= 0.6 is 0 Å². The zero-order chi connectivity index (χ0) is 117. The second-order valence-electron chi connectivity index (χ2n) is 24.5. The minimum atomic E-state index is -3.10. The Bertz CT molecular complexity index is 6480. The molecule has 12 nitrogen and oxygen atoms in total. The van der Waals surface area contributed by atoms with Crippen LogP contribution in [0.3, 0.4) is 0 Å². The Hall–Kier alpha value is -10.8. The van der Waals surface area contributed by atoms with E-state index >= 15 is 0 Å². The van der Waals surface area contributed by atoms with Gasteiger partial charge in [-0.25, -0.2) is 0 Å². The lowest BCUT2D eigenvalue weighted by molar-refractivity contribution is 0.193. The van der Waals surface area contributed by atoms with E-state index in [-0.39, 0.29) is 66.2 Å². The first-order chi connectivity index (χ1) is 71.9. The van der Waals surface area contributed by atoms with Gasteiger partial charge in [0.2, 0.25) is 0 Å². The van der Waals surface area contributed by atoms with Crippen LogP contribution < -0.4 is 60.3 Å². The summed E-state index contributed by atoms with van der Waals surface area (Å²) in [5, 5.41) is 12.7. The molecule has 6 atom stereocenters. The van der Waals surface area contributed by atoms with E-state index in [0.29, 0.717) is 50.8 Å². The molecular weight excluding hydrogens is 1410 g/mol. The Balaban J connectivity index is 0.000000253. The van der Waals surface area contributed by atoms with Crippen LogP contribution in [-0.2, 0) is 0 Å². The fraction of sp³-hybridized carbons (Fsp3) is 0.294. The summed E-state index contributed by atoms with van der Waals surface area (Å²) in [6.07, 6.45) is -18.4. The average molecular weight is 1570 g/mol. The number of hydrogen-bond donors (Lipinski definition) is 6. The van der Waals surface area contributed by atoms with Crippen molar-refractivity contribution in [3.8, 4) is 34.5 Å². The average Bonchev–Trinajstić information content (AvgIpc) is 0.731. The van der Waals surface area contributed by atoms with E-state index in [1.54, 1.807) is 196 Å². The van der Waals surface area contributed by atoms with Gasteiger partial charge >= 0.3 is 0 Å². The molecule has 12 aromatic rings. The van der Waals surface area contributed by atoms with Gasteiger partial charge < -0.3 is 60.3 Å². The summed E-state index contributed by atoms with van der Waals surface area (Å²) in [4.78, 5) is 0. The van der Waals surface area contributed by atoms with Gasteiger partial charge in [0, 0.05) is 76.8 Å². The van der Waals surface area contributed by atoms with Crippen molar-refractivity contribution in [1.82, 2.24) is 31.9 Å². The van der Waals surface area contributed by atoms with Gasteiger partial charge in [0.1, 0.15) is 71.0 Å². The third-order valence-corrected chi connectivity index (χ3v) is 16.1. The Morgan fingerprint density at radius 3 is 0.895 bits per heavy atom. The minimum Gasteiger partial charge on any atom is -0.485 e. The quantitative estimate of drug-likeness (QED) is 0.0224. The first kappa shape index (κ1) is 47.1. The lowest BCUT2D eigenvalue weighted by Gasteiger charge is -2.20. The van der Waals surface area contributed by atoms with Gasteiger partial charge in [-0.05, 0) is 226 Å². The lowest BCUT2D eigenvalue weighted by atomic mass is 10.1. The highest BCUT2D eigenvalue weighted by Crippen LogP contribution is 2.33. The zero-order valence-electron chi connectivity index (χ0n) is 106. The molecule has 0 saturated heterocycles. The Morgan fingerprint density at radius 1 is 0.254 bits per heavy atom. The summed E-state index contributed by atoms with van der Waals surface area (Å²) < 4.78 is 362. The summed E-state index contributed by atoms with van der Waals surface area (Å²) in [5.41, 5.74) is 5.70. The molecule has 0 amide bonds. The molecule has 0 saturated carbocycles. The van der Waals surface area contributed by atoms with Gasteiger partial charge in [0.15, 0.2) is 0 Å². The molecule has 0 aliphatic rings. The molecule has 600 valence electrons. The van der Waals surface area contributed by atoms with Crippen molar-refractivity contribution in [2.24, 2.45) is 0 Å². The van der Waals surface area contributed by atoms with Gasteiger partial charge in [0.05, 0.1) is 19.2 Å². The third-order valence-electron chi connectivity index (χ3n) is 16.1. The van der Waals surface area contributed by atoms with E-state index in [9.17, 15) is 0 Å².